The number of amides is 1. The van der Waals surface area contributed by atoms with Crippen molar-refractivity contribution in [3.63, 3.8) is 0 Å². The molecule has 0 bridgehead atoms. The number of carbonyl (C=O) groups excluding carboxylic acids is 1. The SMILES string of the molecule is CCCCC(CC)CNC(=O)c1c(C)noc1C. The van der Waals surface area contributed by atoms with Gasteiger partial charge in [-0.05, 0) is 26.2 Å². The quantitative estimate of drug-likeness (QED) is 0.810. The molecule has 0 aliphatic carbocycles. The Balaban J connectivity index is 2.50. The first-order chi connectivity index (χ1) is 8.60. The molecule has 102 valence electrons. The van der Waals surface area contributed by atoms with Crippen LogP contribution in [0.3, 0.4) is 0 Å². The zero-order valence-corrected chi connectivity index (χ0v) is 11.9. The van der Waals surface area contributed by atoms with Crippen molar-refractivity contribution in [2.24, 2.45) is 5.92 Å². The Hall–Kier alpha value is -1.32. The van der Waals surface area contributed by atoms with Crippen LogP contribution >= 0.6 is 0 Å². The highest BCUT2D eigenvalue weighted by molar-refractivity contribution is 5.96. The van der Waals surface area contributed by atoms with Crippen LogP contribution in [0.2, 0.25) is 0 Å². The van der Waals surface area contributed by atoms with Gasteiger partial charge in [0, 0.05) is 6.54 Å². The van der Waals surface area contributed by atoms with E-state index in [-0.39, 0.29) is 5.91 Å². The molecule has 0 fully saturated rings. The maximum atomic E-state index is 12.0. The molecule has 18 heavy (non-hydrogen) atoms. The zero-order chi connectivity index (χ0) is 13.5. The molecule has 0 aliphatic heterocycles. The third-order valence-corrected chi connectivity index (χ3v) is 3.36. The first kappa shape index (κ1) is 14.7. The van der Waals surface area contributed by atoms with Gasteiger partial charge in [0.25, 0.3) is 5.91 Å². The Morgan fingerprint density at radius 2 is 2.11 bits per heavy atom. The summed E-state index contributed by atoms with van der Waals surface area (Å²) in [5.41, 5.74) is 1.24. The lowest BCUT2D eigenvalue weighted by Crippen LogP contribution is -2.29. The van der Waals surface area contributed by atoms with E-state index < -0.39 is 0 Å². The number of hydrogen-bond acceptors (Lipinski definition) is 3. The fourth-order valence-electron chi connectivity index (χ4n) is 2.08. The molecule has 1 rings (SSSR count). The third kappa shape index (κ3) is 3.86. The van der Waals surface area contributed by atoms with E-state index in [4.69, 9.17) is 4.52 Å². The van der Waals surface area contributed by atoms with E-state index in [1.807, 2.05) is 0 Å². The van der Waals surface area contributed by atoms with Gasteiger partial charge in [0.2, 0.25) is 0 Å². The smallest absolute Gasteiger partial charge is 0.256 e. The third-order valence-electron chi connectivity index (χ3n) is 3.36. The number of rotatable bonds is 7. The number of hydrogen-bond donors (Lipinski definition) is 1. The van der Waals surface area contributed by atoms with Gasteiger partial charge in [-0.15, -0.1) is 0 Å². The standard InChI is InChI=1S/C14H24N2O2/c1-5-7-8-12(6-2)9-15-14(17)13-10(3)16-18-11(13)4/h12H,5-9H2,1-4H3,(H,15,17). The minimum Gasteiger partial charge on any atom is -0.361 e. The highest BCUT2D eigenvalue weighted by Gasteiger charge is 2.18. The van der Waals surface area contributed by atoms with Gasteiger partial charge < -0.3 is 9.84 Å². The van der Waals surface area contributed by atoms with Crippen LogP contribution in [0.5, 0.6) is 0 Å². The molecule has 4 nitrogen and oxygen atoms in total. The molecule has 0 saturated heterocycles. The van der Waals surface area contributed by atoms with Gasteiger partial charge >= 0.3 is 0 Å². The van der Waals surface area contributed by atoms with Crippen LogP contribution in [0.1, 0.15) is 61.3 Å². The van der Waals surface area contributed by atoms with Crippen LogP contribution in [-0.2, 0) is 0 Å². The van der Waals surface area contributed by atoms with Gasteiger partial charge in [-0.2, -0.15) is 0 Å². The topological polar surface area (TPSA) is 55.1 Å². The number of carbonyl (C=O) groups is 1. The van der Waals surface area contributed by atoms with Crippen molar-refractivity contribution in [1.82, 2.24) is 10.5 Å². The number of aryl methyl sites for hydroxylation is 2. The fourth-order valence-corrected chi connectivity index (χ4v) is 2.08. The number of aromatic nitrogens is 1. The highest BCUT2D eigenvalue weighted by Crippen LogP contribution is 2.14. The van der Waals surface area contributed by atoms with Gasteiger partial charge in [-0.25, -0.2) is 0 Å². The highest BCUT2D eigenvalue weighted by atomic mass is 16.5. The van der Waals surface area contributed by atoms with E-state index in [1.165, 1.54) is 19.3 Å². The summed E-state index contributed by atoms with van der Waals surface area (Å²) >= 11 is 0. The summed E-state index contributed by atoms with van der Waals surface area (Å²) in [5.74, 6) is 1.09. The average molecular weight is 252 g/mol. The zero-order valence-electron chi connectivity index (χ0n) is 11.9. The molecule has 1 amide bonds. The van der Waals surface area contributed by atoms with E-state index >= 15 is 0 Å². The largest absolute Gasteiger partial charge is 0.361 e. The number of nitrogens with zero attached hydrogens (tertiary/aromatic N) is 1. The van der Waals surface area contributed by atoms with E-state index in [2.05, 4.69) is 24.3 Å². The minimum atomic E-state index is -0.0683. The van der Waals surface area contributed by atoms with Crippen molar-refractivity contribution in [3.05, 3.63) is 17.0 Å². The Bertz CT molecular complexity index is 366. The van der Waals surface area contributed by atoms with E-state index in [0.717, 1.165) is 13.0 Å². The van der Waals surface area contributed by atoms with Crippen LogP contribution in [0.25, 0.3) is 0 Å². The molecule has 4 heteroatoms. The molecule has 0 aliphatic rings. The van der Waals surface area contributed by atoms with Gasteiger partial charge in [-0.3, -0.25) is 4.79 Å². The summed E-state index contributed by atoms with van der Waals surface area (Å²) in [6.07, 6.45) is 4.70. The molecule has 1 unspecified atom stereocenters. The molecule has 0 saturated carbocycles. The van der Waals surface area contributed by atoms with Gasteiger partial charge in [0.15, 0.2) is 0 Å². The molecule has 0 aromatic carbocycles. The first-order valence-corrected chi connectivity index (χ1v) is 6.81. The van der Waals surface area contributed by atoms with Crippen LogP contribution in [-0.4, -0.2) is 17.6 Å². The molecule has 1 N–H and O–H groups in total. The minimum absolute atomic E-state index is 0.0683. The Labute approximate surface area is 109 Å². The second kappa shape index (κ2) is 7.19. The number of unbranched alkanes of at least 4 members (excludes halogenated alkanes) is 1. The predicted octanol–water partition coefficient (Wildman–Crippen LogP) is 3.24. The van der Waals surface area contributed by atoms with Crippen LogP contribution in [0.4, 0.5) is 0 Å². The van der Waals surface area contributed by atoms with Crippen LogP contribution in [0.15, 0.2) is 4.52 Å². The summed E-state index contributed by atoms with van der Waals surface area (Å²) in [6.45, 7) is 8.65. The van der Waals surface area contributed by atoms with Crippen LogP contribution < -0.4 is 5.32 Å². The molecule has 0 radical (unpaired) electrons. The summed E-state index contributed by atoms with van der Waals surface area (Å²) in [4.78, 5) is 12.0. The van der Waals surface area contributed by atoms with Crippen LogP contribution in [0, 0.1) is 19.8 Å². The summed E-state index contributed by atoms with van der Waals surface area (Å²) in [5, 5.41) is 6.79. The molecule has 1 aromatic heterocycles. The summed E-state index contributed by atoms with van der Waals surface area (Å²) in [6, 6.07) is 0. The van der Waals surface area contributed by atoms with E-state index in [1.54, 1.807) is 13.8 Å². The molecule has 1 aromatic rings. The lowest BCUT2D eigenvalue weighted by molar-refractivity contribution is 0.0944. The van der Waals surface area contributed by atoms with Crippen molar-refractivity contribution in [2.45, 2.75) is 53.4 Å². The van der Waals surface area contributed by atoms with Crippen molar-refractivity contribution in [3.8, 4) is 0 Å². The summed E-state index contributed by atoms with van der Waals surface area (Å²) < 4.78 is 5.00. The summed E-state index contributed by atoms with van der Waals surface area (Å²) in [7, 11) is 0. The Morgan fingerprint density at radius 1 is 1.39 bits per heavy atom. The second-order valence-corrected chi connectivity index (χ2v) is 4.83. The molecular formula is C14H24N2O2. The maximum absolute atomic E-state index is 12.0. The van der Waals surface area contributed by atoms with Gasteiger partial charge in [-0.1, -0.05) is 38.3 Å². The lowest BCUT2D eigenvalue weighted by Gasteiger charge is -2.15. The normalized spacial score (nSPS) is 12.4. The monoisotopic (exact) mass is 252 g/mol. The molecular weight excluding hydrogens is 228 g/mol. The maximum Gasteiger partial charge on any atom is 0.256 e. The van der Waals surface area contributed by atoms with E-state index in [0.29, 0.717) is 22.9 Å². The second-order valence-electron chi connectivity index (χ2n) is 4.83. The van der Waals surface area contributed by atoms with E-state index in [9.17, 15) is 4.79 Å². The Kier molecular flexibility index (Phi) is 5.89. The Morgan fingerprint density at radius 3 is 2.61 bits per heavy atom. The van der Waals surface area contributed by atoms with Crippen molar-refractivity contribution < 1.29 is 9.32 Å². The average Bonchev–Trinajstić information content (AvgIpc) is 2.69. The predicted molar refractivity (Wildman–Crippen MR) is 71.6 cm³/mol. The van der Waals surface area contributed by atoms with Crippen molar-refractivity contribution in [1.29, 1.82) is 0 Å². The molecule has 1 heterocycles. The lowest BCUT2D eigenvalue weighted by atomic mass is 9.99. The number of nitrogens with one attached hydrogen (secondary N) is 1. The van der Waals surface area contributed by atoms with Gasteiger partial charge in [0.1, 0.15) is 11.3 Å². The first-order valence-electron chi connectivity index (χ1n) is 6.81. The fraction of sp³-hybridized carbons (Fsp3) is 0.714. The molecule has 1 atom stereocenters. The van der Waals surface area contributed by atoms with Crippen molar-refractivity contribution in [2.75, 3.05) is 6.54 Å². The van der Waals surface area contributed by atoms with Gasteiger partial charge in [0.05, 0.1) is 5.69 Å². The van der Waals surface area contributed by atoms with Crippen molar-refractivity contribution >= 4 is 5.91 Å². The molecule has 0 spiro atoms.